The molecule has 0 radical (unpaired) electrons. The third-order valence-electron chi connectivity index (χ3n) is 4.98. The van der Waals surface area contributed by atoms with Crippen molar-refractivity contribution in [3.8, 4) is 0 Å². The number of hydrogen-bond acceptors (Lipinski definition) is 0. The van der Waals surface area contributed by atoms with Crippen LogP contribution in [0.25, 0.3) is 0 Å². The second-order valence-corrected chi connectivity index (χ2v) is 5.50. The maximum Gasteiger partial charge on any atom is -0.0201 e. The highest BCUT2D eigenvalue weighted by Crippen LogP contribution is 2.87. The summed E-state index contributed by atoms with van der Waals surface area (Å²) in [5.41, 5.74) is 0.967. The Labute approximate surface area is 75.7 Å². The van der Waals surface area contributed by atoms with Gasteiger partial charge in [-0.3, -0.25) is 0 Å². The van der Waals surface area contributed by atoms with Gasteiger partial charge in [-0.2, -0.15) is 0 Å². The third-order valence-corrected chi connectivity index (χ3v) is 4.98. The largest absolute Gasteiger partial charge is 0.0654 e. The normalized spacial score (nSPS) is 59.5. The van der Waals surface area contributed by atoms with Gasteiger partial charge < -0.3 is 0 Å². The van der Waals surface area contributed by atoms with E-state index in [1.807, 2.05) is 0 Å². The molecule has 0 aliphatic heterocycles. The summed E-state index contributed by atoms with van der Waals surface area (Å²) in [6.07, 6.45) is 7.63. The van der Waals surface area contributed by atoms with E-state index >= 15 is 0 Å². The van der Waals surface area contributed by atoms with Crippen LogP contribution < -0.4 is 0 Å². The van der Waals surface area contributed by atoms with Crippen molar-refractivity contribution in [1.29, 1.82) is 0 Å². The Morgan fingerprint density at radius 1 is 1.42 bits per heavy atom. The molecule has 0 N–H and O–H groups in total. The molecule has 3 aliphatic carbocycles. The smallest absolute Gasteiger partial charge is 0.0201 e. The van der Waals surface area contributed by atoms with Crippen LogP contribution in [-0.2, 0) is 0 Å². The Balaban J connectivity index is 1.56. The molecular formula is C12H20. The van der Waals surface area contributed by atoms with Crippen molar-refractivity contribution >= 4 is 0 Å². The molecule has 0 aromatic heterocycles. The zero-order valence-electron chi connectivity index (χ0n) is 8.34. The molecule has 0 heteroatoms. The minimum absolute atomic E-state index is 0.967. The van der Waals surface area contributed by atoms with Gasteiger partial charge in [0.25, 0.3) is 0 Å². The summed E-state index contributed by atoms with van der Waals surface area (Å²) < 4.78 is 0. The number of fused-ring (bicyclic) bond motifs is 3. The molecule has 0 bridgehead atoms. The van der Waals surface area contributed by atoms with E-state index in [4.69, 9.17) is 0 Å². The Bertz CT molecular complexity index is 206. The molecule has 0 saturated heterocycles. The van der Waals surface area contributed by atoms with Gasteiger partial charge in [-0.25, -0.2) is 0 Å². The highest BCUT2D eigenvalue weighted by Gasteiger charge is 2.82. The van der Waals surface area contributed by atoms with Gasteiger partial charge in [0.1, 0.15) is 0 Å². The molecule has 3 fully saturated rings. The van der Waals surface area contributed by atoms with E-state index in [0.29, 0.717) is 0 Å². The molecule has 3 rings (SSSR count). The van der Waals surface area contributed by atoms with Crippen LogP contribution >= 0.6 is 0 Å². The standard InChI is InChI=1S/C12H20/c1-3-4-5-9-7-12(9)10-6-8(2)11(10)12/h8-11H,3-7H2,1-2H3. The van der Waals surface area contributed by atoms with Crippen LogP contribution in [0.4, 0.5) is 0 Å². The van der Waals surface area contributed by atoms with Crippen molar-refractivity contribution in [2.45, 2.75) is 46.0 Å². The minimum Gasteiger partial charge on any atom is -0.0654 e. The van der Waals surface area contributed by atoms with Gasteiger partial charge in [-0.15, -0.1) is 0 Å². The third kappa shape index (κ3) is 0.661. The lowest BCUT2D eigenvalue weighted by Crippen LogP contribution is -2.10. The van der Waals surface area contributed by atoms with Crippen molar-refractivity contribution in [1.82, 2.24) is 0 Å². The van der Waals surface area contributed by atoms with E-state index in [1.165, 1.54) is 30.6 Å². The predicted octanol–water partition coefficient (Wildman–Crippen LogP) is 3.47. The maximum absolute atomic E-state index is 2.46. The van der Waals surface area contributed by atoms with E-state index in [-0.39, 0.29) is 0 Å². The van der Waals surface area contributed by atoms with Crippen molar-refractivity contribution in [2.24, 2.45) is 29.1 Å². The monoisotopic (exact) mass is 164 g/mol. The summed E-state index contributed by atoms with van der Waals surface area (Å²) >= 11 is 0. The second kappa shape index (κ2) is 2.08. The summed E-state index contributed by atoms with van der Waals surface area (Å²) in [5.74, 6) is 4.70. The lowest BCUT2D eigenvalue weighted by Gasteiger charge is -2.17. The molecule has 0 aromatic rings. The highest BCUT2D eigenvalue weighted by molar-refractivity contribution is 5.29. The van der Waals surface area contributed by atoms with Gasteiger partial charge in [0.05, 0.1) is 0 Å². The van der Waals surface area contributed by atoms with Crippen LogP contribution in [0.2, 0.25) is 0 Å². The first-order chi connectivity index (χ1) is 5.80. The number of rotatable bonds is 3. The lowest BCUT2D eigenvalue weighted by molar-refractivity contribution is 0.316. The molecule has 12 heavy (non-hydrogen) atoms. The van der Waals surface area contributed by atoms with E-state index in [0.717, 1.165) is 11.3 Å². The predicted molar refractivity (Wildman–Crippen MR) is 50.8 cm³/mol. The van der Waals surface area contributed by atoms with Crippen molar-refractivity contribution in [3.05, 3.63) is 0 Å². The first-order valence-electron chi connectivity index (χ1n) is 5.80. The summed E-state index contributed by atoms with van der Waals surface area (Å²) in [5, 5.41) is 0. The molecule has 0 aromatic carbocycles. The molecule has 1 spiro atoms. The molecule has 5 unspecified atom stereocenters. The molecule has 0 amide bonds. The summed E-state index contributed by atoms with van der Waals surface area (Å²) in [6.45, 7) is 4.78. The fourth-order valence-corrected chi connectivity index (χ4v) is 4.27. The van der Waals surface area contributed by atoms with Crippen LogP contribution in [-0.4, -0.2) is 0 Å². The topological polar surface area (TPSA) is 0 Å². The van der Waals surface area contributed by atoms with Gasteiger partial charge in [0.15, 0.2) is 0 Å². The summed E-state index contributed by atoms with van der Waals surface area (Å²) in [7, 11) is 0. The Hall–Kier alpha value is 0. The van der Waals surface area contributed by atoms with Gasteiger partial charge in [-0.05, 0) is 48.3 Å². The highest BCUT2D eigenvalue weighted by atomic mass is 14.9. The molecule has 0 nitrogen and oxygen atoms in total. The van der Waals surface area contributed by atoms with Crippen LogP contribution in [0, 0.1) is 29.1 Å². The van der Waals surface area contributed by atoms with Gasteiger partial charge in [-0.1, -0.05) is 26.7 Å². The van der Waals surface area contributed by atoms with Crippen molar-refractivity contribution < 1.29 is 0 Å². The van der Waals surface area contributed by atoms with Crippen molar-refractivity contribution in [2.75, 3.05) is 0 Å². The molecule has 3 saturated carbocycles. The van der Waals surface area contributed by atoms with E-state index in [2.05, 4.69) is 13.8 Å². The van der Waals surface area contributed by atoms with Gasteiger partial charge in [0, 0.05) is 0 Å². The summed E-state index contributed by atoms with van der Waals surface area (Å²) in [6, 6.07) is 0. The van der Waals surface area contributed by atoms with Crippen LogP contribution in [0.5, 0.6) is 0 Å². The first kappa shape index (κ1) is 7.41. The average Bonchev–Trinajstić information content (AvgIpc) is 2.84. The maximum atomic E-state index is 2.46. The zero-order chi connectivity index (χ0) is 8.34. The Morgan fingerprint density at radius 2 is 2.25 bits per heavy atom. The molecule has 3 aliphatic rings. The van der Waals surface area contributed by atoms with Crippen molar-refractivity contribution in [3.63, 3.8) is 0 Å². The lowest BCUT2D eigenvalue weighted by atomic mass is 9.88. The Kier molecular flexibility index (Phi) is 1.28. The fourth-order valence-electron chi connectivity index (χ4n) is 4.27. The minimum atomic E-state index is 0.967. The first-order valence-corrected chi connectivity index (χ1v) is 5.80. The van der Waals surface area contributed by atoms with E-state index in [1.54, 1.807) is 19.3 Å². The SMILES string of the molecule is CCCCC1CC12C1CC(C)C12. The molecule has 0 heterocycles. The van der Waals surface area contributed by atoms with Crippen LogP contribution in [0.15, 0.2) is 0 Å². The Morgan fingerprint density at radius 3 is 2.75 bits per heavy atom. The van der Waals surface area contributed by atoms with Gasteiger partial charge >= 0.3 is 0 Å². The van der Waals surface area contributed by atoms with E-state index < -0.39 is 0 Å². The zero-order valence-corrected chi connectivity index (χ0v) is 8.34. The van der Waals surface area contributed by atoms with Gasteiger partial charge in [0.2, 0.25) is 0 Å². The fraction of sp³-hybridized carbons (Fsp3) is 1.00. The summed E-state index contributed by atoms with van der Waals surface area (Å²) in [4.78, 5) is 0. The number of unbranched alkanes of at least 4 members (excludes halogenated alkanes) is 1. The molecular weight excluding hydrogens is 144 g/mol. The quantitative estimate of drug-likeness (QED) is 0.599. The molecule has 5 atom stereocenters. The van der Waals surface area contributed by atoms with Crippen LogP contribution in [0.1, 0.15) is 46.0 Å². The molecule has 68 valence electrons. The second-order valence-electron chi connectivity index (χ2n) is 5.50. The average molecular weight is 164 g/mol. The number of hydrogen-bond donors (Lipinski definition) is 0. The van der Waals surface area contributed by atoms with Crippen LogP contribution in [0.3, 0.4) is 0 Å². The van der Waals surface area contributed by atoms with E-state index in [9.17, 15) is 0 Å².